The summed E-state index contributed by atoms with van der Waals surface area (Å²) in [6.45, 7) is 14.1. The van der Waals surface area contributed by atoms with E-state index in [0.29, 0.717) is 10.8 Å². The Labute approximate surface area is 319 Å². The number of rotatable bonds is 26. The molecule has 4 aliphatic carbocycles. The Hall–Kier alpha value is -0.730. The number of ether oxygens (including phenoxy) is 1. The van der Waals surface area contributed by atoms with Gasteiger partial charge in [-0.2, -0.15) is 0 Å². The lowest BCUT2D eigenvalue weighted by atomic mass is 9.44. The minimum Gasteiger partial charge on any atom is -0.446 e. The second kappa shape index (κ2) is 23.2. The van der Waals surface area contributed by atoms with Crippen molar-refractivity contribution in [2.24, 2.45) is 40.4 Å². The number of unbranched alkanes of at least 4 members (excludes halogenated alkanes) is 19. The van der Waals surface area contributed by atoms with Crippen LogP contribution in [0.3, 0.4) is 0 Å². The fraction of sp³-hybridized carbons (Fsp3) is 0.979. The fourth-order valence-corrected chi connectivity index (χ4v) is 12.5. The lowest BCUT2D eigenvalue weighted by Crippen LogP contribution is -2.54. The zero-order valence-electron chi connectivity index (χ0n) is 35.3. The summed E-state index contributed by atoms with van der Waals surface area (Å²) in [5.74, 6) is 4.54. The van der Waals surface area contributed by atoms with Crippen molar-refractivity contribution in [1.82, 2.24) is 4.90 Å². The predicted molar refractivity (Wildman–Crippen MR) is 220 cm³/mol. The van der Waals surface area contributed by atoms with Crippen molar-refractivity contribution in [2.45, 2.75) is 246 Å². The average Bonchev–Trinajstić information content (AvgIpc) is 3.47. The van der Waals surface area contributed by atoms with Crippen molar-refractivity contribution in [3.63, 3.8) is 0 Å². The fourth-order valence-electron chi connectivity index (χ4n) is 12.5. The van der Waals surface area contributed by atoms with Gasteiger partial charge in [0.25, 0.3) is 0 Å². The van der Waals surface area contributed by atoms with Gasteiger partial charge in [-0.3, -0.25) is 0 Å². The molecule has 3 nitrogen and oxygen atoms in total. The van der Waals surface area contributed by atoms with Crippen LogP contribution in [0.5, 0.6) is 0 Å². The van der Waals surface area contributed by atoms with Crippen molar-refractivity contribution >= 4 is 6.09 Å². The molecule has 0 radical (unpaired) electrons. The van der Waals surface area contributed by atoms with Crippen LogP contribution in [-0.4, -0.2) is 30.2 Å². The molecule has 0 aromatic carbocycles. The van der Waals surface area contributed by atoms with E-state index in [1.165, 1.54) is 180 Å². The van der Waals surface area contributed by atoms with Crippen molar-refractivity contribution in [3.05, 3.63) is 0 Å². The van der Waals surface area contributed by atoms with Crippen molar-refractivity contribution in [3.8, 4) is 0 Å². The Balaban J connectivity index is 1.22. The summed E-state index contributed by atoms with van der Waals surface area (Å²) in [5, 5.41) is 0. The van der Waals surface area contributed by atoms with E-state index < -0.39 is 0 Å². The molecule has 3 heteroatoms. The molecule has 0 saturated heterocycles. The maximum absolute atomic E-state index is 13.8. The van der Waals surface area contributed by atoms with E-state index in [4.69, 9.17) is 4.74 Å². The van der Waals surface area contributed by atoms with Crippen LogP contribution in [0, 0.1) is 40.4 Å². The molecule has 4 rings (SSSR count). The number of amides is 1. The second-order valence-corrected chi connectivity index (χ2v) is 19.2. The Morgan fingerprint density at radius 3 is 1.59 bits per heavy atom. The zero-order chi connectivity index (χ0) is 36.4. The molecule has 1 amide bonds. The minimum absolute atomic E-state index is 0.0154. The number of hydrogen-bond donors (Lipinski definition) is 0. The van der Waals surface area contributed by atoms with E-state index in [1.54, 1.807) is 0 Å². The van der Waals surface area contributed by atoms with Crippen LogP contribution in [-0.2, 0) is 4.74 Å². The smallest absolute Gasteiger partial charge is 0.410 e. The van der Waals surface area contributed by atoms with Crippen LogP contribution in [0.15, 0.2) is 0 Å². The van der Waals surface area contributed by atoms with Crippen LogP contribution < -0.4 is 0 Å². The van der Waals surface area contributed by atoms with E-state index in [9.17, 15) is 4.79 Å². The van der Waals surface area contributed by atoms with Gasteiger partial charge in [-0.05, 0) is 117 Å². The van der Waals surface area contributed by atoms with Gasteiger partial charge in [0.15, 0.2) is 0 Å². The average molecular weight is 712 g/mol. The zero-order valence-corrected chi connectivity index (χ0v) is 35.3. The van der Waals surface area contributed by atoms with Crippen LogP contribution in [0.4, 0.5) is 4.79 Å². The van der Waals surface area contributed by atoms with Gasteiger partial charge in [0.1, 0.15) is 6.10 Å². The maximum Gasteiger partial charge on any atom is 0.410 e. The number of carbonyl (C=O) groups is 1. The third kappa shape index (κ3) is 12.7. The normalized spacial score (nSPS) is 31.5. The van der Waals surface area contributed by atoms with Gasteiger partial charge < -0.3 is 9.64 Å². The number of carbonyl (C=O) groups excluding carboxylic acids is 1. The first-order valence-corrected chi connectivity index (χ1v) is 23.8. The van der Waals surface area contributed by atoms with Gasteiger partial charge in [-0.15, -0.1) is 0 Å². The van der Waals surface area contributed by atoms with Gasteiger partial charge in [-0.25, -0.2) is 4.79 Å². The molecular weight excluding hydrogens is 623 g/mol. The van der Waals surface area contributed by atoms with Crippen molar-refractivity contribution in [1.29, 1.82) is 0 Å². The summed E-state index contributed by atoms with van der Waals surface area (Å²) in [7, 11) is 0. The molecular formula is C48H89NO2. The van der Waals surface area contributed by atoms with Crippen LogP contribution in [0.1, 0.15) is 240 Å². The summed E-state index contributed by atoms with van der Waals surface area (Å²) in [6.07, 6.45) is 43.4. The van der Waals surface area contributed by atoms with Crippen molar-refractivity contribution in [2.75, 3.05) is 13.1 Å². The number of nitrogens with zero attached hydrogens (tertiary/aromatic N) is 1. The monoisotopic (exact) mass is 712 g/mol. The number of hydrogen-bond acceptors (Lipinski definition) is 2. The molecule has 8 atom stereocenters. The quantitative estimate of drug-likeness (QED) is 0.0836. The molecule has 0 spiro atoms. The molecule has 4 saturated carbocycles. The van der Waals surface area contributed by atoms with Gasteiger partial charge in [-0.1, -0.05) is 163 Å². The van der Waals surface area contributed by atoms with E-state index in [-0.39, 0.29) is 12.2 Å². The van der Waals surface area contributed by atoms with Gasteiger partial charge in [0.05, 0.1) is 0 Å². The summed E-state index contributed by atoms with van der Waals surface area (Å²) in [6, 6.07) is 0. The van der Waals surface area contributed by atoms with E-state index in [0.717, 1.165) is 68.4 Å². The number of fused-ring (bicyclic) bond motifs is 5. The standard InChI is InChI=1S/C48H89NO2/c1-6-9-12-14-16-18-20-22-24-26-37-49(38-27-25-23-21-19-17-15-13-10-7-2)46(50)51-42-33-35-48(5)41(39-42)29-31-43-44-32-30-40(28-11-8-3)47(44,4)36-34-45(43)48/h40-45H,6-39H2,1-5H3/t40?,41?,42-,43?,44?,45?,47-,48+/m1/s1. The molecule has 0 aromatic rings. The molecule has 4 aliphatic rings. The molecule has 5 unspecified atom stereocenters. The second-order valence-electron chi connectivity index (χ2n) is 19.2. The third-order valence-corrected chi connectivity index (χ3v) is 15.8. The molecule has 0 aliphatic heterocycles. The summed E-state index contributed by atoms with van der Waals surface area (Å²) < 4.78 is 6.49. The first-order chi connectivity index (χ1) is 24.9. The lowest BCUT2D eigenvalue weighted by Gasteiger charge is -2.61. The highest BCUT2D eigenvalue weighted by atomic mass is 16.6. The molecule has 0 N–H and O–H groups in total. The summed E-state index contributed by atoms with van der Waals surface area (Å²) >= 11 is 0. The van der Waals surface area contributed by atoms with Gasteiger partial charge in [0.2, 0.25) is 0 Å². The molecule has 0 aromatic heterocycles. The van der Waals surface area contributed by atoms with E-state index in [1.807, 2.05) is 0 Å². The van der Waals surface area contributed by atoms with Gasteiger partial charge in [0, 0.05) is 13.1 Å². The largest absolute Gasteiger partial charge is 0.446 e. The minimum atomic E-state index is 0.0154. The highest BCUT2D eigenvalue weighted by Gasteiger charge is 2.60. The highest BCUT2D eigenvalue weighted by Crippen LogP contribution is 2.68. The van der Waals surface area contributed by atoms with Crippen LogP contribution in [0.25, 0.3) is 0 Å². The summed E-state index contributed by atoms with van der Waals surface area (Å²) in [4.78, 5) is 16.0. The lowest BCUT2D eigenvalue weighted by molar-refractivity contribution is -0.128. The van der Waals surface area contributed by atoms with Crippen molar-refractivity contribution < 1.29 is 9.53 Å². The molecule has 51 heavy (non-hydrogen) atoms. The van der Waals surface area contributed by atoms with E-state index >= 15 is 0 Å². The molecule has 4 fully saturated rings. The van der Waals surface area contributed by atoms with Crippen LogP contribution in [0.2, 0.25) is 0 Å². The SMILES string of the molecule is CCCCCCCCCCCCN(CCCCCCCCCCCC)C(=O)O[C@@H]1CC[C@@]2(C)C(CCC3C2CC[C@]2(C)C(CCCC)CCC32)C1. The first-order valence-electron chi connectivity index (χ1n) is 23.8. The Morgan fingerprint density at radius 2 is 1.04 bits per heavy atom. The Morgan fingerprint density at radius 1 is 0.549 bits per heavy atom. The summed E-state index contributed by atoms with van der Waals surface area (Å²) in [5.41, 5.74) is 1.07. The molecule has 0 bridgehead atoms. The molecule has 298 valence electrons. The Bertz CT molecular complexity index is 910. The predicted octanol–water partition coefficient (Wildman–Crippen LogP) is 15.5. The first kappa shape index (κ1) is 43.0. The van der Waals surface area contributed by atoms with Crippen LogP contribution >= 0.6 is 0 Å². The van der Waals surface area contributed by atoms with Gasteiger partial charge >= 0.3 is 6.09 Å². The third-order valence-electron chi connectivity index (χ3n) is 15.8. The molecule has 0 heterocycles. The van der Waals surface area contributed by atoms with E-state index in [2.05, 4.69) is 39.5 Å². The maximum atomic E-state index is 13.8. The Kier molecular flexibility index (Phi) is 19.6. The highest BCUT2D eigenvalue weighted by molar-refractivity contribution is 5.67. The topological polar surface area (TPSA) is 29.5 Å².